The number of hydrogen-bond acceptors (Lipinski definition) is 3. The average molecular weight is 348 g/mol. The van der Waals surface area contributed by atoms with E-state index in [1.165, 1.54) is 0 Å². The molecule has 1 atom stereocenters. The van der Waals surface area contributed by atoms with Crippen LogP contribution in [-0.2, 0) is 0 Å². The van der Waals surface area contributed by atoms with Gasteiger partial charge in [0.05, 0.1) is 10.6 Å². The molecule has 18 heavy (non-hydrogen) atoms. The van der Waals surface area contributed by atoms with Gasteiger partial charge in [-0.1, -0.05) is 30.3 Å². The number of aliphatic imine (C=N–C) groups is 1. The van der Waals surface area contributed by atoms with Gasteiger partial charge in [-0.15, -0.1) is 0 Å². The first-order chi connectivity index (χ1) is 8.52. The van der Waals surface area contributed by atoms with Gasteiger partial charge in [-0.2, -0.15) is 0 Å². The Morgan fingerprint density at radius 1 is 1.56 bits per heavy atom. The van der Waals surface area contributed by atoms with Crippen molar-refractivity contribution in [1.29, 1.82) is 0 Å². The summed E-state index contributed by atoms with van der Waals surface area (Å²) >= 11 is 11.2. The van der Waals surface area contributed by atoms with Crippen LogP contribution in [0.3, 0.4) is 0 Å². The first-order valence-corrected chi connectivity index (χ1v) is 8.13. The van der Waals surface area contributed by atoms with Gasteiger partial charge in [0.15, 0.2) is 5.17 Å². The molecule has 0 radical (unpaired) electrons. The molecule has 1 aliphatic rings. The predicted octanol–water partition coefficient (Wildman–Crippen LogP) is 5.18. The third-order valence-electron chi connectivity index (χ3n) is 3.18. The quantitative estimate of drug-likeness (QED) is 0.797. The van der Waals surface area contributed by atoms with Crippen molar-refractivity contribution < 1.29 is 0 Å². The lowest BCUT2D eigenvalue weighted by Crippen LogP contribution is -2.29. The summed E-state index contributed by atoms with van der Waals surface area (Å²) in [4.78, 5) is 4.80. The highest BCUT2D eigenvalue weighted by Gasteiger charge is 2.25. The predicted molar refractivity (Wildman–Crippen MR) is 86.0 cm³/mol. The number of hydrogen-bond donors (Lipinski definition) is 1. The first-order valence-electron chi connectivity index (χ1n) is 5.97. The summed E-state index contributed by atoms with van der Waals surface area (Å²) in [6.07, 6.45) is 2.21. The maximum absolute atomic E-state index is 5.98. The highest BCUT2D eigenvalue weighted by molar-refractivity contribution is 9.10. The first kappa shape index (κ1) is 14.2. The Balaban J connectivity index is 2.16. The lowest BCUT2D eigenvalue weighted by atomic mass is 9.97. The van der Waals surface area contributed by atoms with E-state index in [4.69, 9.17) is 16.6 Å². The van der Waals surface area contributed by atoms with Crippen LogP contribution in [0, 0.1) is 0 Å². The summed E-state index contributed by atoms with van der Waals surface area (Å²) in [5.41, 5.74) is 1.09. The zero-order valence-corrected chi connectivity index (χ0v) is 13.6. The summed E-state index contributed by atoms with van der Waals surface area (Å²) in [6.45, 7) is 4.40. The van der Waals surface area contributed by atoms with E-state index in [0.29, 0.717) is 0 Å². The number of anilines is 1. The van der Waals surface area contributed by atoms with Gasteiger partial charge in [-0.05, 0) is 53.9 Å². The largest absolute Gasteiger partial charge is 0.335 e. The fourth-order valence-electron chi connectivity index (χ4n) is 1.72. The molecule has 1 aromatic carbocycles. The zero-order chi connectivity index (χ0) is 13.2. The average Bonchev–Trinajstić information content (AvgIpc) is 2.34. The number of benzene rings is 1. The highest BCUT2D eigenvalue weighted by atomic mass is 79.9. The molecule has 2 rings (SSSR count). The second-order valence-corrected chi connectivity index (χ2v) is 6.96. The molecular formula is C13H16BrClN2S. The van der Waals surface area contributed by atoms with Crippen LogP contribution in [0.15, 0.2) is 27.7 Å². The maximum atomic E-state index is 5.98. The number of nitrogens with zero attached hydrogens (tertiary/aromatic N) is 1. The molecule has 0 aliphatic carbocycles. The summed E-state index contributed by atoms with van der Waals surface area (Å²) < 4.78 is 0.897. The van der Waals surface area contributed by atoms with E-state index >= 15 is 0 Å². The molecule has 1 aromatic rings. The third kappa shape index (κ3) is 3.43. The molecule has 5 heteroatoms. The van der Waals surface area contributed by atoms with E-state index in [1.807, 2.05) is 18.2 Å². The molecule has 0 saturated carbocycles. The molecule has 0 saturated heterocycles. The number of amidine groups is 1. The monoisotopic (exact) mass is 346 g/mol. The summed E-state index contributed by atoms with van der Waals surface area (Å²) in [7, 11) is 0. The van der Waals surface area contributed by atoms with Gasteiger partial charge in [-0.3, -0.25) is 4.99 Å². The molecule has 0 aromatic heterocycles. The smallest absolute Gasteiger partial charge is 0.161 e. The minimum Gasteiger partial charge on any atom is -0.335 e. The third-order valence-corrected chi connectivity index (χ3v) is 5.27. The lowest BCUT2D eigenvalue weighted by molar-refractivity contribution is 0.443. The summed E-state index contributed by atoms with van der Waals surface area (Å²) in [6, 6.07) is 5.82. The van der Waals surface area contributed by atoms with Crippen LogP contribution < -0.4 is 5.32 Å². The van der Waals surface area contributed by atoms with Crippen molar-refractivity contribution in [3.05, 3.63) is 27.7 Å². The van der Waals surface area contributed by atoms with E-state index < -0.39 is 0 Å². The van der Waals surface area contributed by atoms with Gasteiger partial charge in [0, 0.05) is 15.9 Å². The van der Waals surface area contributed by atoms with Crippen molar-refractivity contribution in [2.24, 2.45) is 4.99 Å². The van der Waals surface area contributed by atoms with E-state index in [1.54, 1.807) is 11.8 Å². The van der Waals surface area contributed by atoms with Crippen molar-refractivity contribution in [3.8, 4) is 0 Å². The van der Waals surface area contributed by atoms with Crippen LogP contribution in [0.2, 0.25) is 5.02 Å². The molecule has 0 bridgehead atoms. The molecule has 1 aliphatic heterocycles. The lowest BCUT2D eigenvalue weighted by Gasteiger charge is -2.29. The van der Waals surface area contributed by atoms with Crippen molar-refractivity contribution in [3.63, 3.8) is 0 Å². The molecule has 0 amide bonds. The number of nitrogens with one attached hydrogen (secondary N) is 1. The van der Waals surface area contributed by atoms with Gasteiger partial charge in [0.1, 0.15) is 0 Å². The highest BCUT2D eigenvalue weighted by Crippen LogP contribution is 2.31. The number of thioether (sulfide) groups is 1. The number of rotatable bonds is 2. The van der Waals surface area contributed by atoms with Gasteiger partial charge < -0.3 is 5.32 Å². The fraction of sp³-hybridized carbons (Fsp3) is 0.462. The van der Waals surface area contributed by atoms with Crippen molar-refractivity contribution in [2.45, 2.75) is 32.2 Å². The van der Waals surface area contributed by atoms with Gasteiger partial charge >= 0.3 is 0 Å². The second-order valence-electron chi connectivity index (χ2n) is 4.62. The van der Waals surface area contributed by atoms with Crippen LogP contribution >= 0.6 is 39.3 Å². The summed E-state index contributed by atoms with van der Waals surface area (Å²) in [5.74, 6) is 1.12. The van der Waals surface area contributed by atoms with Gasteiger partial charge in [-0.25, -0.2) is 0 Å². The molecule has 1 N–H and O–H groups in total. The van der Waals surface area contributed by atoms with E-state index in [-0.39, 0.29) is 5.54 Å². The fourth-order valence-corrected chi connectivity index (χ4v) is 3.42. The Hall–Kier alpha value is -0.190. The number of halogens is 2. The normalized spacial score (nSPS) is 23.7. The molecule has 0 spiro atoms. The van der Waals surface area contributed by atoms with Gasteiger partial charge in [0.25, 0.3) is 0 Å². The van der Waals surface area contributed by atoms with Crippen molar-refractivity contribution >= 4 is 50.1 Å². The van der Waals surface area contributed by atoms with Crippen molar-refractivity contribution in [1.82, 2.24) is 0 Å². The Morgan fingerprint density at radius 2 is 2.33 bits per heavy atom. The van der Waals surface area contributed by atoms with E-state index in [9.17, 15) is 0 Å². The molecular weight excluding hydrogens is 332 g/mol. The van der Waals surface area contributed by atoms with E-state index in [0.717, 1.165) is 38.9 Å². The van der Waals surface area contributed by atoms with Crippen LogP contribution in [0.1, 0.15) is 26.7 Å². The standard InChI is InChI=1S/C13H16BrClN2S/c1-3-13(2)6-7-18-12(17-13)16-9-4-5-11(15)10(14)8-9/h4-5,8H,3,6-7H2,1-2H3,(H,16,17). The zero-order valence-electron chi connectivity index (χ0n) is 10.5. The SMILES string of the molecule is CCC1(C)CCSC(Nc2ccc(Cl)c(Br)c2)=N1. The van der Waals surface area contributed by atoms with Crippen LogP contribution in [0.5, 0.6) is 0 Å². The molecule has 0 fully saturated rings. The van der Waals surface area contributed by atoms with Crippen LogP contribution in [0.25, 0.3) is 0 Å². The van der Waals surface area contributed by atoms with Gasteiger partial charge in [0.2, 0.25) is 0 Å². The second kappa shape index (κ2) is 5.85. The van der Waals surface area contributed by atoms with E-state index in [2.05, 4.69) is 35.1 Å². The van der Waals surface area contributed by atoms with Crippen LogP contribution in [-0.4, -0.2) is 16.5 Å². The topological polar surface area (TPSA) is 24.4 Å². The Kier molecular flexibility index (Phi) is 4.62. The summed E-state index contributed by atoms with van der Waals surface area (Å²) in [5, 5.41) is 5.08. The Labute approximate surface area is 126 Å². The molecule has 98 valence electrons. The Bertz CT molecular complexity index is 478. The molecule has 1 unspecified atom stereocenters. The molecule has 2 nitrogen and oxygen atoms in total. The van der Waals surface area contributed by atoms with Crippen LogP contribution in [0.4, 0.5) is 5.69 Å². The maximum Gasteiger partial charge on any atom is 0.161 e. The Morgan fingerprint density at radius 3 is 3.00 bits per heavy atom. The van der Waals surface area contributed by atoms with Crippen molar-refractivity contribution in [2.75, 3.05) is 11.1 Å². The minimum absolute atomic E-state index is 0.0806. The minimum atomic E-state index is 0.0806. The molecule has 1 heterocycles.